The van der Waals surface area contributed by atoms with Crippen molar-refractivity contribution in [2.24, 2.45) is 5.73 Å². The number of nitrogens with two attached hydrogens (primary N) is 1. The number of hydrogen-bond donors (Lipinski definition) is 1. The van der Waals surface area contributed by atoms with E-state index in [-0.39, 0.29) is 0 Å². The van der Waals surface area contributed by atoms with Gasteiger partial charge in [0, 0.05) is 25.1 Å². The van der Waals surface area contributed by atoms with E-state index >= 15 is 0 Å². The SMILES string of the molecule is NCc1nc(Br)cn2ccnc12. The summed E-state index contributed by atoms with van der Waals surface area (Å²) in [6.45, 7) is 0.403. The molecule has 5 heteroatoms. The smallest absolute Gasteiger partial charge is 0.159 e. The molecular weight excluding hydrogens is 220 g/mol. The highest BCUT2D eigenvalue weighted by Crippen LogP contribution is 2.11. The zero-order valence-electron chi connectivity index (χ0n) is 6.24. The highest BCUT2D eigenvalue weighted by atomic mass is 79.9. The van der Waals surface area contributed by atoms with Crippen LogP contribution < -0.4 is 5.73 Å². The Morgan fingerprint density at radius 2 is 2.42 bits per heavy atom. The maximum Gasteiger partial charge on any atom is 0.159 e. The fourth-order valence-electron chi connectivity index (χ4n) is 1.10. The fraction of sp³-hybridized carbons (Fsp3) is 0.143. The van der Waals surface area contributed by atoms with Crippen LogP contribution in [0, 0.1) is 0 Å². The standard InChI is InChI=1S/C7H7BrN4/c8-6-4-12-2-1-10-7(12)5(3-9)11-6/h1-2,4H,3,9H2. The molecule has 0 aliphatic carbocycles. The van der Waals surface area contributed by atoms with Crippen molar-refractivity contribution in [1.82, 2.24) is 14.4 Å². The number of halogens is 1. The lowest BCUT2D eigenvalue weighted by atomic mass is 10.4. The molecule has 2 aromatic heterocycles. The summed E-state index contributed by atoms with van der Waals surface area (Å²) in [4.78, 5) is 8.33. The lowest BCUT2D eigenvalue weighted by molar-refractivity contribution is 0.949. The lowest BCUT2D eigenvalue weighted by Crippen LogP contribution is -2.03. The van der Waals surface area contributed by atoms with Crippen LogP contribution in [0.2, 0.25) is 0 Å². The van der Waals surface area contributed by atoms with Crippen LogP contribution in [0.25, 0.3) is 5.65 Å². The van der Waals surface area contributed by atoms with Crippen molar-refractivity contribution in [3.63, 3.8) is 0 Å². The summed E-state index contributed by atoms with van der Waals surface area (Å²) in [6, 6.07) is 0. The van der Waals surface area contributed by atoms with Crippen LogP contribution in [0.15, 0.2) is 23.2 Å². The second-order valence-corrected chi connectivity index (χ2v) is 3.19. The molecule has 0 aliphatic heterocycles. The third-order valence-corrected chi connectivity index (χ3v) is 1.99. The van der Waals surface area contributed by atoms with E-state index in [2.05, 4.69) is 25.9 Å². The van der Waals surface area contributed by atoms with Crippen molar-refractivity contribution < 1.29 is 0 Å². The first-order chi connectivity index (χ1) is 5.81. The van der Waals surface area contributed by atoms with Gasteiger partial charge >= 0.3 is 0 Å². The van der Waals surface area contributed by atoms with Crippen LogP contribution >= 0.6 is 15.9 Å². The molecule has 0 radical (unpaired) electrons. The van der Waals surface area contributed by atoms with Crippen LogP contribution in [0.4, 0.5) is 0 Å². The van der Waals surface area contributed by atoms with Gasteiger partial charge < -0.3 is 10.1 Å². The Bertz CT molecular complexity index is 409. The van der Waals surface area contributed by atoms with E-state index in [1.165, 1.54) is 0 Å². The molecule has 0 unspecified atom stereocenters. The minimum atomic E-state index is 0.403. The summed E-state index contributed by atoms with van der Waals surface area (Å²) >= 11 is 3.29. The minimum absolute atomic E-state index is 0.403. The Hall–Kier alpha value is -0.940. The molecule has 0 aliphatic rings. The number of hydrogen-bond acceptors (Lipinski definition) is 3. The van der Waals surface area contributed by atoms with Crippen LogP contribution in [0.1, 0.15) is 5.69 Å². The van der Waals surface area contributed by atoms with Crippen molar-refractivity contribution in [3.05, 3.63) is 28.9 Å². The van der Waals surface area contributed by atoms with Gasteiger partial charge in [-0.3, -0.25) is 0 Å². The van der Waals surface area contributed by atoms with E-state index < -0.39 is 0 Å². The Balaban J connectivity index is 2.80. The zero-order chi connectivity index (χ0) is 8.55. The molecule has 0 fully saturated rings. The van der Waals surface area contributed by atoms with E-state index in [4.69, 9.17) is 5.73 Å². The minimum Gasteiger partial charge on any atom is -0.325 e. The van der Waals surface area contributed by atoms with Crippen molar-refractivity contribution in [2.75, 3.05) is 0 Å². The van der Waals surface area contributed by atoms with Gasteiger partial charge in [0.15, 0.2) is 5.65 Å². The van der Waals surface area contributed by atoms with Crippen LogP contribution in [-0.2, 0) is 6.54 Å². The van der Waals surface area contributed by atoms with Gasteiger partial charge in [0.25, 0.3) is 0 Å². The summed E-state index contributed by atoms with van der Waals surface area (Å²) in [5.74, 6) is 0. The lowest BCUT2D eigenvalue weighted by Gasteiger charge is -1.99. The third-order valence-electron chi connectivity index (χ3n) is 1.61. The molecule has 0 saturated carbocycles. The highest BCUT2D eigenvalue weighted by molar-refractivity contribution is 9.10. The van der Waals surface area contributed by atoms with Crippen molar-refractivity contribution >= 4 is 21.6 Å². The molecule has 0 saturated heterocycles. The van der Waals surface area contributed by atoms with E-state index in [9.17, 15) is 0 Å². The number of fused-ring (bicyclic) bond motifs is 1. The van der Waals surface area contributed by atoms with Gasteiger partial charge in [-0.15, -0.1) is 0 Å². The predicted molar refractivity (Wildman–Crippen MR) is 48.6 cm³/mol. The monoisotopic (exact) mass is 226 g/mol. The topological polar surface area (TPSA) is 56.2 Å². The molecular formula is C7H7BrN4. The summed E-state index contributed by atoms with van der Waals surface area (Å²) in [5, 5.41) is 0. The maximum absolute atomic E-state index is 5.51. The average Bonchev–Trinajstić information content (AvgIpc) is 2.50. The first kappa shape index (κ1) is 7.70. The van der Waals surface area contributed by atoms with Crippen LogP contribution in [-0.4, -0.2) is 14.4 Å². The summed E-state index contributed by atoms with van der Waals surface area (Å²) in [5.41, 5.74) is 7.13. The fourth-order valence-corrected chi connectivity index (χ4v) is 1.53. The second kappa shape index (κ2) is 2.84. The number of aromatic nitrogens is 3. The van der Waals surface area contributed by atoms with Gasteiger partial charge in [-0.1, -0.05) is 0 Å². The van der Waals surface area contributed by atoms with Gasteiger partial charge in [0.2, 0.25) is 0 Å². The van der Waals surface area contributed by atoms with Gasteiger partial charge in [0.05, 0.1) is 5.69 Å². The largest absolute Gasteiger partial charge is 0.325 e. The van der Waals surface area contributed by atoms with Crippen molar-refractivity contribution in [2.45, 2.75) is 6.54 Å². The van der Waals surface area contributed by atoms with Gasteiger partial charge in [0.1, 0.15) is 4.60 Å². The number of rotatable bonds is 1. The normalized spacial score (nSPS) is 10.8. The average molecular weight is 227 g/mol. The molecule has 12 heavy (non-hydrogen) atoms. The molecule has 0 spiro atoms. The molecule has 2 rings (SSSR count). The Labute approximate surface area is 77.6 Å². The van der Waals surface area contributed by atoms with Crippen molar-refractivity contribution in [1.29, 1.82) is 0 Å². The summed E-state index contributed by atoms with van der Waals surface area (Å²) in [7, 11) is 0. The predicted octanol–water partition coefficient (Wildman–Crippen LogP) is 0.950. The second-order valence-electron chi connectivity index (χ2n) is 2.37. The third kappa shape index (κ3) is 1.11. The van der Waals surface area contributed by atoms with E-state index in [1.807, 2.05) is 16.8 Å². The quantitative estimate of drug-likeness (QED) is 0.788. The zero-order valence-corrected chi connectivity index (χ0v) is 7.82. The molecule has 0 atom stereocenters. The summed E-state index contributed by atoms with van der Waals surface area (Å²) < 4.78 is 2.66. The Kier molecular flexibility index (Phi) is 1.82. The first-order valence-corrected chi connectivity index (χ1v) is 4.28. The molecule has 2 aromatic rings. The van der Waals surface area contributed by atoms with Gasteiger partial charge in [-0.2, -0.15) is 0 Å². The number of nitrogens with zero attached hydrogens (tertiary/aromatic N) is 3. The molecule has 4 nitrogen and oxygen atoms in total. The van der Waals surface area contributed by atoms with Gasteiger partial charge in [-0.25, -0.2) is 9.97 Å². The van der Waals surface area contributed by atoms with E-state index in [0.717, 1.165) is 15.9 Å². The maximum atomic E-state index is 5.51. The molecule has 0 bridgehead atoms. The molecule has 2 heterocycles. The van der Waals surface area contributed by atoms with Crippen LogP contribution in [0.3, 0.4) is 0 Å². The van der Waals surface area contributed by atoms with Crippen LogP contribution in [0.5, 0.6) is 0 Å². The Morgan fingerprint density at radius 3 is 3.17 bits per heavy atom. The highest BCUT2D eigenvalue weighted by Gasteiger charge is 2.03. The van der Waals surface area contributed by atoms with Crippen molar-refractivity contribution in [3.8, 4) is 0 Å². The van der Waals surface area contributed by atoms with Gasteiger partial charge in [-0.05, 0) is 15.9 Å². The molecule has 2 N–H and O–H groups in total. The summed E-state index contributed by atoms with van der Waals surface area (Å²) in [6.07, 6.45) is 5.44. The number of imidazole rings is 1. The first-order valence-electron chi connectivity index (χ1n) is 3.49. The van der Waals surface area contributed by atoms with E-state index in [1.54, 1.807) is 6.20 Å². The molecule has 0 aromatic carbocycles. The Morgan fingerprint density at radius 1 is 1.58 bits per heavy atom. The van der Waals surface area contributed by atoms with E-state index in [0.29, 0.717) is 6.54 Å². The molecule has 0 amide bonds. The molecule has 62 valence electrons.